The van der Waals surface area contributed by atoms with E-state index >= 15 is 0 Å². The number of carbonyl (C=O) groups is 1. The normalized spacial score (nSPS) is 10.1. The van der Waals surface area contributed by atoms with Crippen molar-refractivity contribution in [3.05, 3.63) is 58.3 Å². The van der Waals surface area contributed by atoms with Gasteiger partial charge in [-0.05, 0) is 45.8 Å². The molecule has 92 valence electrons. The molecule has 2 rings (SSSR count). The molecule has 18 heavy (non-hydrogen) atoms. The Balaban J connectivity index is 2.14. The maximum atomic E-state index is 11.9. The van der Waals surface area contributed by atoms with Gasteiger partial charge in [0.15, 0.2) is 0 Å². The standard InChI is InChI=1S/C13H11BrN2O2/c14-11-2-1-7-15-12(11)13(18)16-10-5-3-9(8-17)4-6-10/h1-7,17H,8H2,(H,16,18). The van der Waals surface area contributed by atoms with E-state index in [0.717, 1.165) is 5.56 Å². The number of aliphatic hydroxyl groups excluding tert-OH is 1. The lowest BCUT2D eigenvalue weighted by molar-refractivity contribution is 0.102. The summed E-state index contributed by atoms with van der Waals surface area (Å²) in [6, 6.07) is 10.5. The van der Waals surface area contributed by atoms with E-state index in [1.165, 1.54) is 0 Å². The van der Waals surface area contributed by atoms with Crippen molar-refractivity contribution in [2.45, 2.75) is 6.61 Å². The Labute approximate surface area is 113 Å². The smallest absolute Gasteiger partial charge is 0.275 e. The number of aromatic nitrogens is 1. The summed E-state index contributed by atoms with van der Waals surface area (Å²) in [6.07, 6.45) is 1.56. The molecule has 0 aliphatic carbocycles. The van der Waals surface area contributed by atoms with E-state index in [1.54, 1.807) is 42.6 Å². The molecule has 0 aliphatic rings. The number of nitrogens with one attached hydrogen (secondary N) is 1. The molecule has 0 atom stereocenters. The molecule has 0 saturated heterocycles. The van der Waals surface area contributed by atoms with E-state index in [-0.39, 0.29) is 12.5 Å². The highest BCUT2D eigenvalue weighted by Crippen LogP contribution is 2.16. The Morgan fingerprint density at radius 2 is 2.00 bits per heavy atom. The van der Waals surface area contributed by atoms with Crippen LogP contribution in [0, 0.1) is 0 Å². The minimum absolute atomic E-state index is 0.0139. The number of aliphatic hydroxyl groups is 1. The molecule has 2 aromatic rings. The number of hydrogen-bond acceptors (Lipinski definition) is 3. The lowest BCUT2D eigenvalue weighted by Gasteiger charge is -2.06. The molecule has 0 radical (unpaired) electrons. The van der Waals surface area contributed by atoms with Gasteiger partial charge in [-0.15, -0.1) is 0 Å². The van der Waals surface area contributed by atoms with Crippen molar-refractivity contribution in [1.82, 2.24) is 4.98 Å². The molecule has 0 saturated carbocycles. The van der Waals surface area contributed by atoms with Crippen LogP contribution in [0.3, 0.4) is 0 Å². The maximum absolute atomic E-state index is 11.9. The lowest BCUT2D eigenvalue weighted by Crippen LogP contribution is -2.14. The van der Waals surface area contributed by atoms with Crippen molar-refractivity contribution < 1.29 is 9.90 Å². The molecule has 0 aliphatic heterocycles. The van der Waals surface area contributed by atoms with Gasteiger partial charge in [-0.1, -0.05) is 12.1 Å². The number of pyridine rings is 1. The van der Waals surface area contributed by atoms with Gasteiger partial charge in [-0.2, -0.15) is 0 Å². The number of nitrogens with zero attached hydrogens (tertiary/aromatic N) is 1. The topological polar surface area (TPSA) is 62.2 Å². The fraction of sp³-hybridized carbons (Fsp3) is 0.0769. The number of amides is 1. The number of halogens is 1. The minimum Gasteiger partial charge on any atom is -0.392 e. The highest BCUT2D eigenvalue weighted by Gasteiger charge is 2.10. The van der Waals surface area contributed by atoms with Crippen LogP contribution in [0.2, 0.25) is 0 Å². The van der Waals surface area contributed by atoms with E-state index in [4.69, 9.17) is 5.11 Å². The van der Waals surface area contributed by atoms with Gasteiger partial charge in [0, 0.05) is 16.4 Å². The molecule has 0 bridgehead atoms. The van der Waals surface area contributed by atoms with Gasteiger partial charge in [0.25, 0.3) is 5.91 Å². The molecule has 1 heterocycles. The van der Waals surface area contributed by atoms with Gasteiger partial charge in [0.05, 0.1) is 6.61 Å². The fourth-order valence-electron chi connectivity index (χ4n) is 1.44. The van der Waals surface area contributed by atoms with Crippen LogP contribution in [-0.4, -0.2) is 16.0 Å². The molecule has 4 nitrogen and oxygen atoms in total. The van der Waals surface area contributed by atoms with Gasteiger partial charge in [-0.25, -0.2) is 4.98 Å². The molecule has 2 N–H and O–H groups in total. The number of hydrogen-bond donors (Lipinski definition) is 2. The van der Waals surface area contributed by atoms with Crippen molar-refractivity contribution in [2.75, 3.05) is 5.32 Å². The number of anilines is 1. The first-order valence-corrected chi connectivity index (χ1v) is 6.11. The van der Waals surface area contributed by atoms with E-state index in [9.17, 15) is 4.79 Å². The Kier molecular flexibility index (Phi) is 4.07. The van der Waals surface area contributed by atoms with E-state index in [2.05, 4.69) is 26.2 Å². The van der Waals surface area contributed by atoms with Gasteiger partial charge >= 0.3 is 0 Å². The van der Waals surface area contributed by atoms with Crippen LogP contribution >= 0.6 is 15.9 Å². The molecular weight excluding hydrogens is 296 g/mol. The van der Waals surface area contributed by atoms with Crippen LogP contribution < -0.4 is 5.32 Å². The van der Waals surface area contributed by atoms with E-state index in [0.29, 0.717) is 15.9 Å². The van der Waals surface area contributed by atoms with Crippen LogP contribution in [-0.2, 0) is 6.61 Å². The molecular formula is C13H11BrN2O2. The number of rotatable bonds is 3. The fourth-order valence-corrected chi connectivity index (χ4v) is 1.87. The molecule has 0 fully saturated rings. The molecule has 0 unspecified atom stereocenters. The van der Waals surface area contributed by atoms with Crippen LogP contribution in [0.4, 0.5) is 5.69 Å². The molecule has 1 amide bonds. The monoisotopic (exact) mass is 306 g/mol. The zero-order valence-corrected chi connectivity index (χ0v) is 11.0. The molecule has 1 aromatic carbocycles. The quantitative estimate of drug-likeness (QED) is 0.916. The number of benzene rings is 1. The average Bonchev–Trinajstić information content (AvgIpc) is 2.40. The van der Waals surface area contributed by atoms with Crippen molar-refractivity contribution in [3.8, 4) is 0 Å². The van der Waals surface area contributed by atoms with Gasteiger partial charge in [0.1, 0.15) is 5.69 Å². The second kappa shape index (κ2) is 5.75. The first-order chi connectivity index (χ1) is 8.70. The average molecular weight is 307 g/mol. The van der Waals surface area contributed by atoms with Crippen LogP contribution in [0.5, 0.6) is 0 Å². The predicted octanol–water partition coefficient (Wildman–Crippen LogP) is 2.59. The third-order valence-electron chi connectivity index (χ3n) is 2.37. The summed E-state index contributed by atoms with van der Waals surface area (Å²) in [5.74, 6) is -0.278. The van der Waals surface area contributed by atoms with Crippen LogP contribution in [0.1, 0.15) is 16.1 Å². The Morgan fingerprint density at radius 1 is 1.28 bits per heavy atom. The van der Waals surface area contributed by atoms with Gasteiger partial charge in [-0.3, -0.25) is 4.79 Å². The van der Waals surface area contributed by atoms with E-state index in [1.807, 2.05) is 0 Å². The third-order valence-corrected chi connectivity index (χ3v) is 3.01. The van der Waals surface area contributed by atoms with Crippen LogP contribution in [0.25, 0.3) is 0 Å². The van der Waals surface area contributed by atoms with Crippen molar-refractivity contribution in [2.24, 2.45) is 0 Å². The largest absolute Gasteiger partial charge is 0.392 e. The minimum atomic E-state index is -0.278. The number of carbonyl (C=O) groups excluding carboxylic acids is 1. The van der Waals surface area contributed by atoms with Gasteiger partial charge < -0.3 is 10.4 Å². The summed E-state index contributed by atoms with van der Waals surface area (Å²) in [5, 5.41) is 11.7. The predicted molar refractivity (Wildman–Crippen MR) is 72.3 cm³/mol. The SMILES string of the molecule is O=C(Nc1ccc(CO)cc1)c1ncccc1Br. The second-order valence-electron chi connectivity index (χ2n) is 3.64. The highest BCUT2D eigenvalue weighted by atomic mass is 79.9. The first-order valence-electron chi connectivity index (χ1n) is 5.32. The van der Waals surface area contributed by atoms with Crippen molar-refractivity contribution in [3.63, 3.8) is 0 Å². The molecule has 0 spiro atoms. The van der Waals surface area contributed by atoms with E-state index < -0.39 is 0 Å². The molecule has 5 heteroatoms. The maximum Gasteiger partial charge on any atom is 0.275 e. The zero-order chi connectivity index (χ0) is 13.0. The molecule has 1 aromatic heterocycles. The first kappa shape index (κ1) is 12.7. The summed E-state index contributed by atoms with van der Waals surface area (Å²) >= 11 is 3.28. The van der Waals surface area contributed by atoms with Crippen molar-refractivity contribution in [1.29, 1.82) is 0 Å². The lowest BCUT2D eigenvalue weighted by atomic mass is 10.2. The van der Waals surface area contributed by atoms with Crippen LogP contribution in [0.15, 0.2) is 47.1 Å². The van der Waals surface area contributed by atoms with Gasteiger partial charge in [0.2, 0.25) is 0 Å². The summed E-state index contributed by atoms with van der Waals surface area (Å²) < 4.78 is 0.648. The second-order valence-corrected chi connectivity index (χ2v) is 4.50. The summed E-state index contributed by atoms with van der Waals surface area (Å²) in [7, 11) is 0. The zero-order valence-electron chi connectivity index (χ0n) is 9.43. The highest BCUT2D eigenvalue weighted by molar-refractivity contribution is 9.10. The Hall–Kier alpha value is -1.72. The summed E-state index contributed by atoms with van der Waals surface area (Å²) in [5.41, 5.74) is 1.80. The Morgan fingerprint density at radius 3 is 2.61 bits per heavy atom. The summed E-state index contributed by atoms with van der Waals surface area (Å²) in [4.78, 5) is 15.9. The Bertz CT molecular complexity index is 555. The van der Waals surface area contributed by atoms with Crippen molar-refractivity contribution >= 4 is 27.5 Å². The summed E-state index contributed by atoms with van der Waals surface area (Å²) in [6.45, 7) is -0.0139. The third kappa shape index (κ3) is 2.94.